The molecular weight excluding hydrogens is 298 g/mol. The van der Waals surface area contributed by atoms with Crippen LogP contribution in [0.25, 0.3) is 0 Å². The van der Waals surface area contributed by atoms with Crippen molar-refractivity contribution >= 4 is 28.5 Å². The van der Waals surface area contributed by atoms with Crippen LogP contribution in [0.2, 0.25) is 0 Å². The predicted octanol–water partition coefficient (Wildman–Crippen LogP) is 3.42. The summed E-state index contributed by atoms with van der Waals surface area (Å²) in [6.45, 7) is 6.94. The highest BCUT2D eigenvalue weighted by Crippen LogP contribution is 2.35. The minimum atomic E-state index is 0.105. The standard InChI is InChI=1S/C17H23NO3S/c1-4-7-21-16-8-12(2)5-6-15(16)18-10-14(9-17(18)20)11-22-13(3)19/h5-6,8,14H,4,7,9-11H2,1-3H3. The summed E-state index contributed by atoms with van der Waals surface area (Å²) in [6, 6.07) is 5.94. The van der Waals surface area contributed by atoms with E-state index in [1.165, 1.54) is 11.8 Å². The molecule has 2 rings (SSSR count). The van der Waals surface area contributed by atoms with Crippen LogP contribution in [0.3, 0.4) is 0 Å². The maximum absolute atomic E-state index is 12.3. The topological polar surface area (TPSA) is 46.6 Å². The second kappa shape index (κ2) is 7.68. The molecule has 1 atom stereocenters. The number of amides is 1. The van der Waals surface area contributed by atoms with E-state index < -0.39 is 0 Å². The highest BCUT2D eigenvalue weighted by Gasteiger charge is 2.32. The lowest BCUT2D eigenvalue weighted by Gasteiger charge is -2.21. The summed E-state index contributed by atoms with van der Waals surface area (Å²) in [7, 11) is 0. The molecule has 1 aromatic carbocycles. The van der Waals surface area contributed by atoms with Gasteiger partial charge in [-0.3, -0.25) is 9.59 Å². The van der Waals surface area contributed by atoms with E-state index in [-0.39, 0.29) is 16.9 Å². The van der Waals surface area contributed by atoms with Crippen LogP contribution >= 0.6 is 11.8 Å². The fraction of sp³-hybridized carbons (Fsp3) is 0.529. The number of thioether (sulfide) groups is 1. The molecule has 1 aliphatic rings. The highest BCUT2D eigenvalue weighted by molar-refractivity contribution is 8.13. The van der Waals surface area contributed by atoms with Gasteiger partial charge in [-0.15, -0.1) is 0 Å². The maximum atomic E-state index is 12.3. The van der Waals surface area contributed by atoms with Gasteiger partial charge >= 0.3 is 0 Å². The van der Waals surface area contributed by atoms with Crippen LogP contribution in [0.1, 0.15) is 32.3 Å². The number of ether oxygens (including phenoxy) is 1. The quantitative estimate of drug-likeness (QED) is 0.805. The van der Waals surface area contributed by atoms with Gasteiger partial charge in [0, 0.05) is 25.6 Å². The van der Waals surface area contributed by atoms with Crippen LogP contribution < -0.4 is 9.64 Å². The molecule has 0 radical (unpaired) electrons. The summed E-state index contributed by atoms with van der Waals surface area (Å²) in [5, 5.41) is 0.105. The van der Waals surface area contributed by atoms with Crippen LogP contribution in [-0.4, -0.2) is 29.9 Å². The Hall–Kier alpha value is -1.49. The van der Waals surface area contributed by atoms with Gasteiger partial charge in [0.2, 0.25) is 5.91 Å². The highest BCUT2D eigenvalue weighted by atomic mass is 32.2. The number of carbonyl (C=O) groups is 2. The van der Waals surface area contributed by atoms with Crippen LogP contribution in [0.5, 0.6) is 5.75 Å². The van der Waals surface area contributed by atoms with E-state index in [4.69, 9.17) is 4.74 Å². The van der Waals surface area contributed by atoms with Gasteiger partial charge < -0.3 is 9.64 Å². The summed E-state index contributed by atoms with van der Waals surface area (Å²) >= 11 is 1.30. The van der Waals surface area contributed by atoms with Crippen molar-refractivity contribution < 1.29 is 14.3 Å². The van der Waals surface area contributed by atoms with Gasteiger partial charge in [-0.1, -0.05) is 24.8 Å². The Bertz CT molecular complexity index is 559. The number of aryl methyl sites for hydroxylation is 1. The molecule has 1 unspecified atom stereocenters. The normalized spacial score (nSPS) is 17.9. The lowest BCUT2D eigenvalue weighted by atomic mass is 10.1. The van der Waals surface area contributed by atoms with Gasteiger partial charge in [-0.25, -0.2) is 0 Å². The van der Waals surface area contributed by atoms with Crippen LogP contribution in [0.15, 0.2) is 18.2 Å². The van der Waals surface area contributed by atoms with E-state index in [0.717, 1.165) is 23.4 Å². The first-order chi connectivity index (χ1) is 10.5. The van der Waals surface area contributed by atoms with Crippen molar-refractivity contribution in [3.05, 3.63) is 23.8 Å². The first-order valence-electron chi connectivity index (χ1n) is 7.68. The van der Waals surface area contributed by atoms with Crippen molar-refractivity contribution in [3.8, 4) is 5.75 Å². The van der Waals surface area contributed by atoms with E-state index in [1.807, 2.05) is 25.1 Å². The van der Waals surface area contributed by atoms with Crippen molar-refractivity contribution in [2.75, 3.05) is 23.8 Å². The number of nitrogens with zero attached hydrogens (tertiary/aromatic N) is 1. The smallest absolute Gasteiger partial charge is 0.227 e. The van der Waals surface area contributed by atoms with Gasteiger partial charge in [0.1, 0.15) is 5.75 Å². The molecule has 5 heteroatoms. The number of hydrogen-bond acceptors (Lipinski definition) is 4. The second-order valence-electron chi connectivity index (χ2n) is 5.70. The van der Waals surface area contributed by atoms with Gasteiger partial charge in [0.05, 0.1) is 12.3 Å². The third-order valence-corrected chi connectivity index (χ3v) is 4.64. The summed E-state index contributed by atoms with van der Waals surface area (Å²) in [5.41, 5.74) is 1.96. The number of anilines is 1. The Kier molecular flexibility index (Phi) is 5.89. The molecule has 0 N–H and O–H groups in total. The molecule has 1 saturated heterocycles. The van der Waals surface area contributed by atoms with Crippen molar-refractivity contribution in [3.63, 3.8) is 0 Å². The molecule has 1 aromatic rings. The van der Waals surface area contributed by atoms with Crippen LogP contribution in [0.4, 0.5) is 5.69 Å². The van der Waals surface area contributed by atoms with E-state index in [0.29, 0.717) is 25.3 Å². The molecule has 1 aliphatic heterocycles. The number of carbonyl (C=O) groups excluding carboxylic acids is 2. The lowest BCUT2D eigenvalue weighted by Crippen LogP contribution is -2.25. The molecule has 22 heavy (non-hydrogen) atoms. The molecule has 0 bridgehead atoms. The van der Waals surface area contributed by atoms with Crippen LogP contribution in [0, 0.1) is 12.8 Å². The average molecular weight is 321 g/mol. The molecule has 1 fully saturated rings. The van der Waals surface area contributed by atoms with E-state index >= 15 is 0 Å². The summed E-state index contributed by atoms with van der Waals surface area (Å²) in [6.07, 6.45) is 1.43. The Morgan fingerprint density at radius 3 is 2.91 bits per heavy atom. The third kappa shape index (κ3) is 4.26. The Balaban J connectivity index is 2.13. The summed E-state index contributed by atoms with van der Waals surface area (Å²) in [4.78, 5) is 25.2. The zero-order chi connectivity index (χ0) is 16.1. The molecule has 1 heterocycles. The molecule has 0 saturated carbocycles. The monoisotopic (exact) mass is 321 g/mol. The van der Waals surface area contributed by atoms with E-state index in [9.17, 15) is 9.59 Å². The number of hydrogen-bond donors (Lipinski definition) is 0. The third-order valence-electron chi connectivity index (χ3n) is 3.60. The van der Waals surface area contributed by atoms with Gasteiger partial charge in [0.25, 0.3) is 0 Å². The fourth-order valence-corrected chi connectivity index (χ4v) is 3.23. The lowest BCUT2D eigenvalue weighted by molar-refractivity contribution is -0.117. The van der Waals surface area contributed by atoms with Crippen LogP contribution in [-0.2, 0) is 9.59 Å². The van der Waals surface area contributed by atoms with Crippen molar-refractivity contribution in [2.45, 2.75) is 33.6 Å². The average Bonchev–Trinajstić information content (AvgIpc) is 2.84. The maximum Gasteiger partial charge on any atom is 0.227 e. The molecule has 0 aromatic heterocycles. The van der Waals surface area contributed by atoms with Crippen molar-refractivity contribution in [1.29, 1.82) is 0 Å². The fourth-order valence-electron chi connectivity index (χ4n) is 2.53. The molecular formula is C17H23NO3S. The van der Waals surface area contributed by atoms with Gasteiger partial charge in [0.15, 0.2) is 5.12 Å². The Labute approximate surface area is 136 Å². The van der Waals surface area contributed by atoms with Crippen molar-refractivity contribution in [2.24, 2.45) is 5.92 Å². The minimum Gasteiger partial charge on any atom is -0.491 e. The first kappa shape index (κ1) is 16.9. The predicted molar refractivity (Wildman–Crippen MR) is 90.6 cm³/mol. The minimum absolute atomic E-state index is 0.105. The van der Waals surface area contributed by atoms with E-state index in [2.05, 4.69) is 6.92 Å². The molecule has 120 valence electrons. The zero-order valence-electron chi connectivity index (χ0n) is 13.4. The molecule has 0 spiro atoms. The largest absolute Gasteiger partial charge is 0.491 e. The van der Waals surface area contributed by atoms with E-state index in [1.54, 1.807) is 11.8 Å². The molecule has 0 aliphatic carbocycles. The first-order valence-corrected chi connectivity index (χ1v) is 8.67. The number of rotatable bonds is 6. The Morgan fingerprint density at radius 1 is 1.45 bits per heavy atom. The van der Waals surface area contributed by atoms with Gasteiger partial charge in [-0.05, 0) is 37.0 Å². The van der Waals surface area contributed by atoms with Gasteiger partial charge in [-0.2, -0.15) is 0 Å². The SMILES string of the molecule is CCCOc1cc(C)ccc1N1CC(CSC(C)=O)CC1=O. The van der Waals surface area contributed by atoms with Crippen molar-refractivity contribution in [1.82, 2.24) is 0 Å². The molecule has 4 nitrogen and oxygen atoms in total. The zero-order valence-corrected chi connectivity index (χ0v) is 14.2. The number of benzene rings is 1. The molecule has 1 amide bonds. The summed E-state index contributed by atoms with van der Waals surface area (Å²) < 4.78 is 5.81. The summed E-state index contributed by atoms with van der Waals surface area (Å²) in [5.74, 6) is 1.81. The Morgan fingerprint density at radius 2 is 2.23 bits per heavy atom. The second-order valence-corrected chi connectivity index (χ2v) is 6.89.